The third-order valence-electron chi connectivity index (χ3n) is 2.59. The van der Waals surface area contributed by atoms with Gasteiger partial charge in [-0.2, -0.15) is 0 Å². The molecule has 0 aliphatic rings. The molecule has 0 aliphatic heterocycles. The Kier molecular flexibility index (Phi) is 6.10. The normalized spacial score (nSPS) is 12.8. The molecule has 0 heterocycles. The van der Waals surface area contributed by atoms with Gasteiger partial charge >= 0.3 is 0 Å². The fourth-order valence-electron chi connectivity index (χ4n) is 1.64. The molecular formula is C13H19Cl2NO. The van der Waals surface area contributed by atoms with Crippen LogP contribution in [-0.4, -0.2) is 31.0 Å². The minimum atomic E-state index is 0.207. The highest BCUT2D eigenvalue weighted by Gasteiger charge is 2.08. The van der Waals surface area contributed by atoms with Crippen LogP contribution in [0.25, 0.3) is 0 Å². The Bertz CT molecular complexity index is 355. The lowest BCUT2D eigenvalue weighted by Crippen LogP contribution is -2.21. The van der Waals surface area contributed by atoms with Crippen LogP contribution in [0.15, 0.2) is 18.2 Å². The zero-order valence-corrected chi connectivity index (χ0v) is 12.1. The van der Waals surface area contributed by atoms with Crippen molar-refractivity contribution in [1.82, 2.24) is 4.90 Å². The zero-order valence-electron chi connectivity index (χ0n) is 10.5. The second kappa shape index (κ2) is 7.10. The first-order valence-electron chi connectivity index (χ1n) is 5.68. The second-order valence-corrected chi connectivity index (χ2v) is 5.44. The monoisotopic (exact) mass is 275 g/mol. The summed E-state index contributed by atoms with van der Waals surface area (Å²) < 4.78 is 5.32. The molecule has 2 nitrogen and oxygen atoms in total. The third-order valence-corrected chi connectivity index (χ3v) is 3.04. The van der Waals surface area contributed by atoms with E-state index >= 15 is 0 Å². The van der Waals surface area contributed by atoms with Crippen LogP contribution in [0, 0.1) is 0 Å². The van der Waals surface area contributed by atoms with E-state index < -0.39 is 0 Å². The molecule has 17 heavy (non-hydrogen) atoms. The molecule has 0 aromatic heterocycles. The van der Waals surface area contributed by atoms with Gasteiger partial charge in [-0.25, -0.2) is 0 Å². The number of halogens is 2. The highest BCUT2D eigenvalue weighted by Crippen LogP contribution is 2.23. The lowest BCUT2D eigenvalue weighted by molar-refractivity contribution is 0.313. The Hall–Kier alpha value is -0.440. The third kappa shape index (κ3) is 5.15. The number of methoxy groups -OCH3 is 1. The maximum absolute atomic E-state index is 5.99. The van der Waals surface area contributed by atoms with Gasteiger partial charge < -0.3 is 9.64 Å². The van der Waals surface area contributed by atoms with Crippen molar-refractivity contribution in [3.8, 4) is 5.75 Å². The number of nitrogens with zero attached hydrogens (tertiary/aromatic N) is 1. The van der Waals surface area contributed by atoms with Crippen molar-refractivity contribution in [1.29, 1.82) is 0 Å². The van der Waals surface area contributed by atoms with Gasteiger partial charge in [0.05, 0.1) is 7.11 Å². The summed E-state index contributed by atoms with van der Waals surface area (Å²) in [6, 6.07) is 5.68. The number of hydrogen-bond donors (Lipinski definition) is 0. The summed E-state index contributed by atoms with van der Waals surface area (Å²) in [5.74, 6) is 0.875. The summed E-state index contributed by atoms with van der Waals surface area (Å²) in [7, 11) is 3.74. The van der Waals surface area contributed by atoms with Crippen LogP contribution in [0.4, 0.5) is 0 Å². The van der Waals surface area contributed by atoms with Crippen molar-refractivity contribution in [2.75, 3.05) is 20.7 Å². The molecule has 96 valence electrons. The van der Waals surface area contributed by atoms with Gasteiger partial charge in [-0.05, 0) is 45.1 Å². The van der Waals surface area contributed by atoms with E-state index in [4.69, 9.17) is 27.9 Å². The number of hydrogen-bond acceptors (Lipinski definition) is 2. The van der Waals surface area contributed by atoms with Crippen molar-refractivity contribution in [2.45, 2.75) is 25.3 Å². The molecule has 0 saturated heterocycles. The predicted molar refractivity (Wildman–Crippen MR) is 74.3 cm³/mol. The predicted octanol–water partition coefficient (Wildman–Crippen LogP) is 3.80. The molecule has 0 fully saturated rings. The molecule has 4 heteroatoms. The van der Waals surface area contributed by atoms with Crippen LogP contribution in [-0.2, 0) is 6.54 Å². The number of ether oxygens (including phenoxy) is 1. The topological polar surface area (TPSA) is 12.5 Å². The zero-order chi connectivity index (χ0) is 12.8. The summed E-state index contributed by atoms with van der Waals surface area (Å²) in [5.41, 5.74) is 1.10. The molecule has 0 bridgehead atoms. The summed E-state index contributed by atoms with van der Waals surface area (Å²) in [6.07, 6.45) is 0.973. The molecule has 1 atom stereocenters. The van der Waals surface area contributed by atoms with E-state index in [1.807, 2.05) is 25.1 Å². The summed E-state index contributed by atoms with van der Waals surface area (Å²) in [4.78, 5) is 2.22. The van der Waals surface area contributed by atoms with Gasteiger partial charge in [0, 0.05) is 22.5 Å². The Labute approximate surface area is 113 Å². The number of rotatable bonds is 6. The van der Waals surface area contributed by atoms with Crippen molar-refractivity contribution in [3.05, 3.63) is 28.8 Å². The standard InChI is InChI=1S/C13H19Cl2NO/c1-10(14)6-7-16(2)9-11-8-12(15)4-5-13(11)17-3/h4-5,8,10H,6-7,9H2,1-3H3. The van der Waals surface area contributed by atoms with E-state index in [2.05, 4.69) is 11.9 Å². The molecule has 0 aliphatic carbocycles. The first kappa shape index (κ1) is 14.6. The van der Waals surface area contributed by atoms with Crippen molar-refractivity contribution < 1.29 is 4.74 Å². The minimum absolute atomic E-state index is 0.207. The Morgan fingerprint density at radius 3 is 2.71 bits per heavy atom. The Morgan fingerprint density at radius 2 is 2.12 bits per heavy atom. The fourth-order valence-corrected chi connectivity index (χ4v) is 1.93. The SMILES string of the molecule is COc1ccc(Cl)cc1CN(C)CCC(C)Cl. The average Bonchev–Trinajstić information content (AvgIpc) is 2.27. The van der Waals surface area contributed by atoms with Gasteiger partial charge in [0.15, 0.2) is 0 Å². The Balaban J connectivity index is 2.63. The van der Waals surface area contributed by atoms with E-state index in [-0.39, 0.29) is 5.38 Å². The van der Waals surface area contributed by atoms with E-state index in [1.165, 1.54) is 0 Å². The van der Waals surface area contributed by atoms with Gasteiger partial charge in [0.1, 0.15) is 5.75 Å². The van der Waals surface area contributed by atoms with Crippen LogP contribution in [0.5, 0.6) is 5.75 Å². The smallest absolute Gasteiger partial charge is 0.123 e. The van der Waals surface area contributed by atoms with Crippen LogP contribution in [0.1, 0.15) is 18.9 Å². The average molecular weight is 276 g/mol. The maximum Gasteiger partial charge on any atom is 0.123 e. The lowest BCUT2D eigenvalue weighted by Gasteiger charge is -2.19. The first-order chi connectivity index (χ1) is 8.02. The molecule has 1 unspecified atom stereocenters. The van der Waals surface area contributed by atoms with Crippen molar-refractivity contribution in [3.63, 3.8) is 0 Å². The van der Waals surface area contributed by atoms with E-state index in [1.54, 1.807) is 7.11 Å². The highest BCUT2D eigenvalue weighted by atomic mass is 35.5. The van der Waals surface area contributed by atoms with Crippen LogP contribution < -0.4 is 4.74 Å². The molecule has 0 saturated carbocycles. The molecule has 0 amide bonds. The lowest BCUT2D eigenvalue weighted by atomic mass is 10.2. The molecular weight excluding hydrogens is 257 g/mol. The molecule has 0 N–H and O–H groups in total. The van der Waals surface area contributed by atoms with Gasteiger partial charge in [0.25, 0.3) is 0 Å². The highest BCUT2D eigenvalue weighted by molar-refractivity contribution is 6.30. The molecule has 1 aromatic rings. The van der Waals surface area contributed by atoms with E-state index in [0.717, 1.165) is 35.8 Å². The summed E-state index contributed by atoms with van der Waals surface area (Å²) in [6.45, 7) is 3.78. The summed E-state index contributed by atoms with van der Waals surface area (Å²) >= 11 is 11.9. The molecule has 0 spiro atoms. The van der Waals surface area contributed by atoms with Crippen molar-refractivity contribution >= 4 is 23.2 Å². The van der Waals surface area contributed by atoms with Gasteiger partial charge in [-0.3, -0.25) is 0 Å². The van der Waals surface area contributed by atoms with Gasteiger partial charge in [-0.1, -0.05) is 11.6 Å². The molecule has 0 radical (unpaired) electrons. The molecule has 1 aromatic carbocycles. The number of benzene rings is 1. The quantitative estimate of drug-likeness (QED) is 0.733. The largest absolute Gasteiger partial charge is 0.496 e. The van der Waals surface area contributed by atoms with Gasteiger partial charge in [0.2, 0.25) is 0 Å². The maximum atomic E-state index is 5.99. The fraction of sp³-hybridized carbons (Fsp3) is 0.538. The Morgan fingerprint density at radius 1 is 1.41 bits per heavy atom. The summed E-state index contributed by atoms with van der Waals surface area (Å²) in [5, 5.41) is 0.943. The molecule has 1 rings (SSSR count). The van der Waals surface area contributed by atoms with Gasteiger partial charge in [-0.15, -0.1) is 11.6 Å². The van der Waals surface area contributed by atoms with Crippen LogP contribution >= 0.6 is 23.2 Å². The van der Waals surface area contributed by atoms with E-state index in [9.17, 15) is 0 Å². The van der Waals surface area contributed by atoms with E-state index in [0.29, 0.717) is 0 Å². The van der Waals surface area contributed by atoms with Crippen LogP contribution in [0.2, 0.25) is 5.02 Å². The van der Waals surface area contributed by atoms with Crippen LogP contribution in [0.3, 0.4) is 0 Å². The second-order valence-electron chi connectivity index (χ2n) is 4.26. The first-order valence-corrected chi connectivity index (χ1v) is 6.49. The van der Waals surface area contributed by atoms with Crippen molar-refractivity contribution in [2.24, 2.45) is 0 Å². The number of alkyl halides is 1. The minimum Gasteiger partial charge on any atom is -0.496 e.